The number of halogens is 1. The molecule has 0 unspecified atom stereocenters. The smallest absolute Gasteiger partial charge is 0.287 e. The number of aromatic amines is 1. The van der Waals surface area contributed by atoms with E-state index in [1.807, 2.05) is 0 Å². The van der Waals surface area contributed by atoms with Crippen LogP contribution >= 0.6 is 0 Å². The van der Waals surface area contributed by atoms with E-state index in [0.29, 0.717) is 23.6 Å². The molecule has 0 fully saturated rings. The fraction of sp³-hybridized carbons (Fsp3) is 0.0667. The molecule has 0 bridgehead atoms. The molecule has 0 spiro atoms. The molecule has 4 aromatic rings. The summed E-state index contributed by atoms with van der Waals surface area (Å²) in [7, 11) is 0. The molecule has 0 aromatic carbocycles. The van der Waals surface area contributed by atoms with Crippen molar-refractivity contribution in [1.82, 2.24) is 34.9 Å². The highest BCUT2D eigenvalue weighted by Crippen LogP contribution is 2.23. The number of rotatable bonds is 4. The topological polar surface area (TPSA) is 115 Å². The molecule has 0 radical (unpaired) electrons. The van der Waals surface area contributed by atoms with Crippen LogP contribution in [0.4, 0.5) is 4.39 Å². The first-order valence-corrected chi connectivity index (χ1v) is 7.18. The standard InChI is InChI=1S/C15H10FN7O2/c16-10-6-19-14(20-15(10)24)12-3-13(11-1-2-25-22-11)23(21-12)7-9-4-17-8-18-5-9/h1-6,8H,7H2,(H,19,20,24). The van der Waals surface area contributed by atoms with Gasteiger partial charge in [-0.15, -0.1) is 0 Å². The van der Waals surface area contributed by atoms with Gasteiger partial charge in [0.2, 0.25) is 5.82 Å². The van der Waals surface area contributed by atoms with Crippen molar-refractivity contribution in [2.45, 2.75) is 6.54 Å². The van der Waals surface area contributed by atoms with Crippen molar-refractivity contribution in [3.63, 3.8) is 0 Å². The van der Waals surface area contributed by atoms with Crippen LogP contribution in [0.2, 0.25) is 0 Å². The lowest BCUT2D eigenvalue weighted by molar-refractivity contribution is 0.421. The van der Waals surface area contributed by atoms with E-state index < -0.39 is 11.4 Å². The van der Waals surface area contributed by atoms with Crippen LogP contribution in [0.1, 0.15) is 5.56 Å². The van der Waals surface area contributed by atoms with Gasteiger partial charge in [0, 0.05) is 24.0 Å². The molecule has 0 saturated carbocycles. The lowest BCUT2D eigenvalue weighted by atomic mass is 10.2. The van der Waals surface area contributed by atoms with E-state index in [1.165, 1.54) is 12.6 Å². The average Bonchev–Trinajstić information content (AvgIpc) is 3.28. The SMILES string of the molecule is O=c1[nH]c(-c2cc(-c3ccon3)n(Cc3cncnc3)n2)ncc1F. The first-order valence-electron chi connectivity index (χ1n) is 7.18. The third-order valence-electron chi connectivity index (χ3n) is 3.43. The summed E-state index contributed by atoms with van der Waals surface area (Å²) in [5, 5.41) is 8.33. The summed E-state index contributed by atoms with van der Waals surface area (Å²) in [6.45, 7) is 0.370. The fourth-order valence-electron chi connectivity index (χ4n) is 2.30. The molecule has 0 saturated heterocycles. The van der Waals surface area contributed by atoms with E-state index in [-0.39, 0.29) is 5.82 Å². The third-order valence-corrected chi connectivity index (χ3v) is 3.43. The second kappa shape index (κ2) is 6.07. The van der Waals surface area contributed by atoms with Crippen molar-refractivity contribution in [3.8, 4) is 22.9 Å². The minimum atomic E-state index is -0.957. The molecule has 124 valence electrons. The molecule has 10 heteroatoms. The summed E-state index contributed by atoms with van der Waals surface area (Å²) in [6, 6.07) is 3.36. The van der Waals surface area contributed by atoms with Gasteiger partial charge < -0.3 is 9.51 Å². The van der Waals surface area contributed by atoms with E-state index in [2.05, 4.69) is 30.2 Å². The van der Waals surface area contributed by atoms with Crippen LogP contribution < -0.4 is 5.56 Å². The van der Waals surface area contributed by atoms with Gasteiger partial charge in [-0.05, 0) is 6.07 Å². The normalized spacial score (nSPS) is 10.9. The van der Waals surface area contributed by atoms with Crippen molar-refractivity contribution in [3.05, 3.63) is 65.0 Å². The molecule has 4 aromatic heterocycles. The van der Waals surface area contributed by atoms with Crippen molar-refractivity contribution < 1.29 is 8.91 Å². The largest absolute Gasteiger partial charge is 0.364 e. The van der Waals surface area contributed by atoms with Gasteiger partial charge in [0.1, 0.15) is 24.0 Å². The molecule has 4 rings (SSSR count). The van der Waals surface area contributed by atoms with Gasteiger partial charge in [-0.3, -0.25) is 9.48 Å². The first kappa shape index (κ1) is 14.9. The van der Waals surface area contributed by atoms with Crippen molar-refractivity contribution in [2.24, 2.45) is 0 Å². The number of hydrogen-bond donors (Lipinski definition) is 1. The Morgan fingerprint density at radius 2 is 2.04 bits per heavy atom. The van der Waals surface area contributed by atoms with E-state index in [1.54, 1.807) is 29.2 Å². The van der Waals surface area contributed by atoms with Crippen LogP contribution in [0.5, 0.6) is 0 Å². The van der Waals surface area contributed by atoms with Crippen molar-refractivity contribution in [2.75, 3.05) is 0 Å². The molecule has 4 heterocycles. The second-order valence-corrected chi connectivity index (χ2v) is 5.11. The summed E-state index contributed by atoms with van der Waals surface area (Å²) >= 11 is 0. The summed E-state index contributed by atoms with van der Waals surface area (Å²) in [5.41, 5.74) is 1.52. The summed E-state index contributed by atoms with van der Waals surface area (Å²) in [5.74, 6) is -0.805. The van der Waals surface area contributed by atoms with Crippen LogP contribution in [-0.2, 0) is 6.54 Å². The summed E-state index contributed by atoms with van der Waals surface area (Å²) in [6.07, 6.45) is 7.06. The van der Waals surface area contributed by atoms with Gasteiger partial charge in [0.25, 0.3) is 5.56 Å². The predicted octanol–water partition coefficient (Wildman–Crippen LogP) is 1.27. The first-order chi connectivity index (χ1) is 12.2. The lowest BCUT2D eigenvalue weighted by Crippen LogP contribution is -2.12. The number of nitrogens with one attached hydrogen (secondary N) is 1. The van der Waals surface area contributed by atoms with Gasteiger partial charge in [0.15, 0.2) is 5.82 Å². The maximum Gasteiger partial charge on any atom is 0.287 e. The molecule has 25 heavy (non-hydrogen) atoms. The molecule has 1 N–H and O–H groups in total. The van der Waals surface area contributed by atoms with Gasteiger partial charge in [-0.25, -0.2) is 15.0 Å². The quantitative estimate of drug-likeness (QED) is 0.595. The molecule has 0 aliphatic carbocycles. The van der Waals surface area contributed by atoms with Crippen LogP contribution in [-0.4, -0.2) is 34.9 Å². The van der Waals surface area contributed by atoms with Crippen molar-refractivity contribution >= 4 is 0 Å². The van der Waals surface area contributed by atoms with Gasteiger partial charge in [-0.2, -0.15) is 9.49 Å². The molecular weight excluding hydrogens is 329 g/mol. The summed E-state index contributed by atoms with van der Waals surface area (Å²) in [4.78, 5) is 25.7. The Morgan fingerprint density at radius 1 is 1.20 bits per heavy atom. The minimum Gasteiger partial charge on any atom is -0.364 e. The zero-order valence-electron chi connectivity index (χ0n) is 12.6. The van der Waals surface area contributed by atoms with Crippen LogP contribution in [0.3, 0.4) is 0 Å². The second-order valence-electron chi connectivity index (χ2n) is 5.11. The highest BCUT2D eigenvalue weighted by atomic mass is 19.1. The monoisotopic (exact) mass is 339 g/mol. The Hall–Kier alpha value is -3.69. The van der Waals surface area contributed by atoms with Gasteiger partial charge >= 0.3 is 0 Å². The highest BCUT2D eigenvalue weighted by molar-refractivity contribution is 5.62. The maximum absolute atomic E-state index is 13.1. The van der Waals surface area contributed by atoms with Crippen molar-refractivity contribution in [1.29, 1.82) is 0 Å². The maximum atomic E-state index is 13.1. The van der Waals surface area contributed by atoms with E-state index in [0.717, 1.165) is 11.8 Å². The van der Waals surface area contributed by atoms with E-state index in [4.69, 9.17) is 4.52 Å². The number of H-pyrrole nitrogens is 1. The van der Waals surface area contributed by atoms with Crippen LogP contribution in [0.25, 0.3) is 22.9 Å². The van der Waals surface area contributed by atoms with Crippen LogP contribution in [0, 0.1) is 5.82 Å². The summed E-state index contributed by atoms with van der Waals surface area (Å²) < 4.78 is 19.7. The number of nitrogens with zero attached hydrogens (tertiary/aromatic N) is 6. The Labute approximate surface area is 139 Å². The van der Waals surface area contributed by atoms with Gasteiger partial charge in [-0.1, -0.05) is 5.16 Å². The number of hydrogen-bond acceptors (Lipinski definition) is 7. The molecule has 0 amide bonds. The fourth-order valence-corrected chi connectivity index (χ4v) is 2.30. The van der Waals surface area contributed by atoms with E-state index >= 15 is 0 Å². The molecule has 9 nitrogen and oxygen atoms in total. The lowest BCUT2D eigenvalue weighted by Gasteiger charge is -2.04. The van der Waals surface area contributed by atoms with E-state index in [9.17, 15) is 9.18 Å². The predicted molar refractivity (Wildman–Crippen MR) is 82.7 cm³/mol. The van der Waals surface area contributed by atoms with Crippen LogP contribution in [0.15, 0.2) is 52.6 Å². The minimum absolute atomic E-state index is 0.152. The molecular formula is C15H10FN7O2. The van der Waals surface area contributed by atoms with Gasteiger partial charge in [0.05, 0.1) is 18.4 Å². The molecule has 0 aliphatic rings. The molecule has 0 atom stereocenters. The Balaban J connectivity index is 1.80. The zero-order chi connectivity index (χ0) is 17.2. The Morgan fingerprint density at radius 3 is 2.76 bits per heavy atom. The zero-order valence-corrected chi connectivity index (χ0v) is 12.6. The average molecular weight is 339 g/mol. The highest BCUT2D eigenvalue weighted by Gasteiger charge is 2.16. The molecule has 0 aliphatic heterocycles. The Kier molecular flexibility index (Phi) is 3.61. The number of aromatic nitrogens is 7. The third kappa shape index (κ3) is 2.92. The Bertz CT molecular complexity index is 1060.